The van der Waals surface area contributed by atoms with E-state index in [2.05, 4.69) is 4.98 Å². The molecular weight excluding hydrogens is 304 g/mol. The summed E-state index contributed by atoms with van der Waals surface area (Å²) in [6.07, 6.45) is 0. The number of ether oxygens (including phenoxy) is 1. The van der Waals surface area contributed by atoms with Crippen LogP contribution in [0.25, 0.3) is 10.9 Å². The molecule has 1 saturated heterocycles. The highest BCUT2D eigenvalue weighted by atomic mass is 16.5. The van der Waals surface area contributed by atoms with Crippen molar-refractivity contribution in [2.45, 2.75) is 0 Å². The minimum atomic E-state index is -1.53. The Hall–Kier alpha value is -2.87. The summed E-state index contributed by atoms with van der Waals surface area (Å²) in [5.41, 5.74) is -1.07. The summed E-state index contributed by atoms with van der Waals surface area (Å²) in [7, 11) is 0. The number of nitrogens with zero attached hydrogens (tertiary/aromatic N) is 1. The lowest BCUT2D eigenvalue weighted by Gasteiger charge is -2.27. The van der Waals surface area contributed by atoms with Gasteiger partial charge in [-0.25, -0.2) is 4.79 Å². The van der Waals surface area contributed by atoms with Crippen molar-refractivity contribution in [1.29, 1.82) is 0 Å². The van der Waals surface area contributed by atoms with Crippen molar-refractivity contribution in [2.24, 2.45) is 0 Å². The van der Waals surface area contributed by atoms with Gasteiger partial charge in [0.25, 0.3) is 11.5 Å². The zero-order valence-corrected chi connectivity index (χ0v) is 12.0. The molecule has 2 aromatic rings. The van der Waals surface area contributed by atoms with E-state index in [1.54, 1.807) is 4.90 Å². The number of amides is 1. The lowest BCUT2D eigenvalue weighted by molar-refractivity contribution is 0.0303. The van der Waals surface area contributed by atoms with Crippen LogP contribution in [-0.4, -0.2) is 58.3 Å². The van der Waals surface area contributed by atoms with Crippen molar-refractivity contribution in [3.63, 3.8) is 0 Å². The fourth-order valence-corrected chi connectivity index (χ4v) is 2.56. The molecule has 0 aliphatic carbocycles. The number of benzene rings is 1. The van der Waals surface area contributed by atoms with Gasteiger partial charge in [0.05, 0.1) is 18.7 Å². The molecule has 23 heavy (non-hydrogen) atoms. The van der Waals surface area contributed by atoms with E-state index in [9.17, 15) is 19.5 Å². The van der Waals surface area contributed by atoms with Crippen LogP contribution in [0, 0.1) is 0 Å². The van der Waals surface area contributed by atoms with Crippen molar-refractivity contribution in [3.8, 4) is 5.75 Å². The molecule has 8 nitrogen and oxygen atoms in total. The number of carbonyl (C=O) groups excluding carboxylic acids is 1. The molecule has 1 aromatic heterocycles. The van der Waals surface area contributed by atoms with E-state index in [0.717, 1.165) is 0 Å². The molecule has 120 valence electrons. The van der Waals surface area contributed by atoms with Crippen molar-refractivity contribution in [2.75, 3.05) is 26.3 Å². The van der Waals surface area contributed by atoms with Crippen LogP contribution in [0.2, 0.25) is 0 Å². The van der Waals surface area contributed by atoms with Gasteiger partial charge in [-0.3, -0.25) is 9.59 Å². The molecule has 1 fully saturated rings. The number of H-pyrrole nitrogens is 1. The van der Waals surface area contributed by atoms with Gasteiger partial charge in [0, 0.05) is 24.0 Å². The number of carboxylic acids is 1. The number of carboxylic acid groups (broad SMARTS) is 1. The number of morpholine rings is 1. The first-order chi connectivity index (χ1) is 11.0. The van der Waals surface area contributed by atoms with Crippen LogP contribution in [-0.2, 0) is 4.74 Å². The van der Waals surface area contributed by atoms with Crippen molar-refractivity contribution < 1.29 is 24.5 Å². The molecule has 3 rings (SSSR count). The molecule has 1 amide bonds. The highest BCUT2D eigenvalue weighted by molar-refractivity contribution is 6.02. The Morgan fingerprint density at radius 1 is 1.22 bits per heavy atom. The minimum absolute atomic E-state index is 0.112. The molecular formula is C15H14N2O6. The van der Waals surface area contributed by atoms with E-state index in [-0.39, 0.29) is 16.8 Å². The average molecular weight is 318 g/mol. The molecule has 1 aliphatic rings. The van der Waals surface area contributed by atoms with Crippen molar-refractivity contribution in [3.05, 3.63) is 39.7 Å². The largest absolute Gasteiger partial charge is 0.506 e. The molecule has 2 heterocycles. The maximum absolute atomic E-state index is 12.4. The highest BCUT2D eigenvalue weighted by Gasteiger charge is 2.22. The standard InChI is InChI=1S/C15H14N2O6/c18-12-9-7-8(14(20)17-3-5-23-6-4-17)1-2-10(9)16-13(19)11(12)15(21)22/h1-2,7H,3-6H2,(H,21,22)(H2,16,18,19). The van der Waals surface area contributed by atoms with Crippen LogP contribution < -0.4 is 5.56 Å². The maximum Gasteiger partial charge on any atom is 0.345 e. The Balaban J connectivity index is 2.09. The van der Waals surface area contributed by atoms with Crippen molar-refractivity contribution >= 4 is 22.8 Å². The number of aromatic amines is 1. The fraction of sp³-hybridized carbons (Fsp3) is 0.267. The Morgan fingerprint density at radius 2 is 1.91 bits per heavy atom. The molecule has 3 N–H and O–H groups in total. The molecule has 1 aromatic carbocycles. The molecule has 1 aliphatic heterocycles. The van der Waals surface area contributed by atoms with Crippen LogP contribution in [0.15, 0.2) is 23.0 Å². The number of pyridine rings is 1. The number of carbonyl (C=O) groups is 2. The second-order valence-electron chi connectivity index (χ2n) is 5.15. The molecule has 0 saturated carbocycles. The van der Waals surface area contributed by atoms with Gasteiger partial charge >= 0.3 is 5.97 Å². The number of aromatic nitrogens is 1. The molecule has 0 spiro atoms. The number of hydrogen-bond donors (Lipinski definition) is 3. The Kier molecular flexibility index (Phi) is 3.75. The second kappa shape index (κ2) is 5.73. The lowest BCUT2D eigenvalue weighted by Crippen LogP contribution is -2.40. The van der Waals surface area contributed by atoms with Gasteiger partial charge in [-0.05, 0) is 18.2 Å². The van der Waals surface area contributed by atoms with Gasteiger partial charge in [0.15, 0.2) is 5.56 Å². The Morgan fingerprint density at radius 3 is 2.57 bits per heavy atom. The van der Waals surface area contributed by atoms with E-state index in [1.165, 1.54) is 18.2 Å². The zero-order chi connectivity index (χ0) is 16.6. The third kappa shape index (κ3) is 2.64. The molecule has 0 atom stereocenters. The van der Waals surface area contributed by atoms with Gasteiger partial charge < -0.3 is 24.8 Å². The average Bonchev–Trinajstić information content (AvgIpc) is 2.54. The van der Waals surface area contributed by atoms with Gasteiger partial charge in [0.2, 0.25) is 0 Å². The number of rotatable bonds is 2. The molecule has 8 heteroatoms. The summed E-state index contributed by atoms with van der Waals surface area (Å²) in [5, 5.41) is 19.2. The van der Waals surface area contributed by atoms with Gasteiger partial charge in [-0.2, -0.15) is 0 Å². The summed E-state index contributed by atoms with van der Waals surface area (Å²) in [4.78, 5) is 39.2. The van der Waals surface area contributed by atoms with E-state index in [0.29, 0.717) is 31.9 Å². The Labute approximate surface area is 129 Å². The van der Waals surface area contributed by atoms with Crippen LogP contribution in [0.1, 0.15) is 20.7 Å². The van der Waals surface area contributed by atoms with Crippen LogP contribution in [0.3, 0.4) is 0 Å². The predicted octanol–water partition coefficient (Wildman–Crippen LogP) is 0.404. The third-order valence-corrected chi connectivity index (χ3v) is 3.75. The first-order valence-electron chi connectivity index (χ1n) is 6.98. The van der Waals surface area contributed by atoms with Gasteiger partial charge in [0.1, 0.15) is 5.75 Å². The topological polar surface area (TPSA) is 120 Å². The first-order valence-corrected chi connectivity index (χ1v) is 6.98. The number of aromatic hydroxyl groups is 1. The number of aromatic carboxylic acids is 1. The Bertz CT molecular complexity index is 851. The van der Waals surface area contributed by atoms with Crippen LogP contribution >= 0.6 is 0 Å². The van der Waals surface area contributed by atoms with E-state index < -0.39 is 22.8 Å². The molecule has 0 unspecified atom stereocenters. The normalized spacial score (nSPS) is 14.9. The quantitative estimate of drug-likeness (QED) is 0.737. The predicted molar refractivity (Wildman–Crippen MR) is 79.9 cm³/mol. The summed E-state index contributed by atoms with van der Waals surface area (Å²) in [6, 6.07) is 4.37. The molecule has 0 bridgehead atoms. The monoisotopic (exact) mass is 318 g/mol. The van der Waals surface area contributed by atoms with E-state index in [4.69, 9.17) is 9.84 Å². The highest BCUT2D eigenvalue weighted by Crippen LogP contribution is 2.26. The maximum atomic E-state index is 12.4. The summed E-state index contributed by atoms with van der Waals surface area (Å²) in [5.74, 6) is -2.42. The molecule has 0 radical (unpaired) electrons. The number of hydrogen-bond acceptors (Lipinski definition) is 5. The first kappa shape index (κ1) is 15.0. The zero-order valence-electron chi connectivity index (χ0n) is 12.0. The fourth-order valence-electron chi connectivity index (χ4n) is 2.56. The summed E-state index contributed by atoms with van der Waals surface area (Å²) < 4.78 is 5.19. The third-order valence-electron chi connectivity index (χ3n) is 3.75. The number of fused-ring (bicyclic) bond motifs is 1. The summed E-state index contributed by atoms with van der Waals surface area (Å²) in [6.45, 7) is 1.85. The van der Waals surface area contributed by atoms with Crippen molar-refractivity contribution in [1.82, 2.24) is 9.88 Å². The van der Waals surface area contributed by atoms with Gasteiger partial charge in [-0.1, -0.05) is 0 Å². The SMILES string of the molecule is O=C(O)c1c(O)c2cc(C(=O)N3CCOCC3)ccc2[nH]c1=O. The van der Waals surface area contributed by atoms with Crippen LogP contribution in [0.5, 0.6) is 5.75 Å². The van der Waals surface area contributed by atoms with Crippen LogP contribution in [0.4, 0.5) is 0 Å². The van der Waals surface area contributed by atoms with Gasteiger partial charge in [-0.15, -0.1) is 0 Å². The number of nitrogens with one attached hydrogen (secondary N) is 1. The summed E-state index contributed by atoms with van der Waals surface area (Å²) >= 11 is 0. The van der Waals surface area contributed by atoms with E-state index in [1.807, 2.05) is 0 Å². The second-order valence-corrected chi connectivity index (χ2v) is 5.15. The minimum Gasteiger partial charge on any atom is -0.506 e. The lowest BCUT2D eigenvalue weighted by atomic mass is 10.1. The van der Waals surface area contributed by atoms with E-state index >= 15 is 0 Å². The smallest absolute Gasteiger partial charge is 0.345 e.